The summed E-state index contributed by atoms with van der Waals surface area (Å²) in [4.78, 5) is 44.4. The summed E-state index contributed by atoms with van der Waals surface area (Å²) in [6.07, 6.45) is 6.10. The fourth-order valence-corrected chi connectivity index (χ4v) is 7.01. The number of pyridine rings is 1. The Kier molecular flexibility index (Phi) is 7.34. The highest BCUT2D eigenvalue weighted by atomic mass is 32.1. The first-order valence-electron chi connectivity index (χ1n) is 14.7. The zero-order valence-electron chi connectivity index (χ0n) is 25.1. The first-order chi connectivity index (χ1) is 22.4. The largest absolute Gasteiger partial charge is 0.495 e. The number of benzene rings is 3. The summed E-state index contributed by atoms with van der Waals surface area (Å²) in [6.45, 7) is 0.285. The number of anilines is 2. The molecule has 3 N–H and O–H groups in total. The average Bonchev–Trinajstić information content (AvgIpc) is 3.74. The average molecular weight is 628 g/mol. The van der Waals surface area contributed by atoms with Crippen molar-refractivity contribution in [3.63, 3.8) is 0 Å². The molecule has 0 aliphatic carbocycles. The number of nitrogen functional groups attached to an aromatic ring is 1. The van der Waals surface area contributed by atoms with Gasteiger partial charge in [0.25, 0.3) is 17.7 Å². The maximum Gasteiger partial charge on any atom is 0.272 e. The number of para-hydroxylation sites is 1. The number of nitrogens with one attached hydrogen (secondary N) is 1. The van der Waals surface area contributed by atoms with Gasteiger partial charge < -0.3 is 20.4 Å². The van der Waals surface area contributed by atoms with Gasteiger partial charge in [-0.3, -0.25) is 19.3 Å². The van der Waals surface area contributed by atoms with Crippen LogP contribution in [0.4, 0.5) is 11.5 Å². The minimum Gasteiger partial charge on any atom is -0.495 e. The molecule has 3 aromatic carbocycles. The van der Waals surface area contributed by atoms with Crippen molar-refractivity contribution in [3.8, 4) is 16.9 Å². The predicted molar refractivity (Wildman–Crippen MR) is 182 cm³/mol. The second-order valence-electron chi connectivity index (χ2n) is 11.0. The van der Waals surface area contributed by atoms with E-state index in [0.29, 0.717) is 40.5 Å². The van der Waals surface area contributed by atoms with Gasteiger partial charge in [0.15, 0.2) is 0 Å². The number of aryl methyl sites for hydroxylation is 1. The molecule has 0 spiro atoms. The van der Waals surface area contributed by atoms with Gasteiger partial charge in [-0.05, 0) is 53.8 Å². The molecule has 3 aromatic heterocycles. The van der Waals surface area contributed by atoms with Gasteiger partial charge in [-0.1, -0.05) is 48.6 Å². The van der Waals surface area contributed by atoms with Crippen molar-refractivity contribution < 1.29 is 19.1 Å². The van der Waals surface area contributed by atoms with Crippen LogP contribution in [0.3, 0.4) is 0 Å². The quantitative estimate of drug-likeness (QED) is 0.176. The van der Waals surface area contributed by atoms with Crippen LogP contribution in [0.2, 0.25) is 0 Å². The summed E-state index contributed by atoms with van der Waals surface area (Å²) in [7, 11) is 3.44. The lowest BCUT2D eigenvalue weighted by Gasteiger charge is -2.13. The third kappa shape index (κ3) is 4.89. The molecular weight excluding hydrogens is 598 g/mol. The standard InChI is InChI=1S/C36H29N5O4S/c1-40-28-13-6-3-9-22(28)17-29(40)34(42)39-27-15-14-21(18-30(27)45-2)26-20-46-32-23(19-38-33(37)31(26)32)10-7-8-16-41-35(43)24-11-4-5-12-25(24)36(41)44/h3-7,9-15,17-20H,8,16H2,1-2H3,(H2,37,38)(H,39,42)/b10-7+. The van der Waals surface area contributed by atoms with Crippen molar-refractivity contribution in [2.75, 3.05) is 24.7 Å². The highest BCUT2D eigenvalue weighted by molar-refractivity contribution is 7.18. The smallest absolute Gasteiger partial charge is 0.272 e. The number of hydrogen-bond donors (Lipinski definition) is 2. The van der Waals surface area contributed by atoms with Crippen molar-refractivity contribution in [3.05, 3.63) is 113 Å². The van der Waals surface area contributed by atoms with Crippen LogP contribution in [0.1, 0.15) is 43.2 Å². The van der Waals surface area contributed by atoms with Crippen molar-refractivity contribution in [1.29, 1.82) is 0 Å². The van der Waals surface area contributed by atoms with Gasteiger partial charge >= 0.3 is 0 Å². The Balaban J connectivity index is 1.11. The molecule has 0 radical (unpaired) electrons. The SMILES string of the molecule is COc1cc(-c2csc3c(/C=C/CCN4C(=O)c5ccccc5C4=O)cnc(N)c23)ccc1NC(=O)c1cc2ccccc2n1C. The Morgan fingerprint density at radius 3 is 2.48 bits per heavy atom. The van der Waals surface area contributed by atoms with E-state index in [4.69, 9.17) is 10.5 Å². The van der Waals surface area contributed by atoms with Crippen molar-refractivity contribution in [2.24, 2.45) is 7.05 Å². The third-order valence-electron chi connectivity index (χ3n) is 8.29. The summed E-state index contributed by atoms with van der Waals surface area (Å²) in [5.74, 6) is 0.158. The molecule has 0 bridgehead atoms. The lowest BCUT2D eigenvalue weighted by molar-refractivity contribution is 0.0656. The van der Waals surface area contributed by atoms with Crippen LogP contribution in [0.25, 0.3) is 38.2 Å². The van der Waals surface area contributed by atoms with Crippen molar-refractivity contribution in [2.45, 2.75) is 6.42 Å². The molecule has 0 fully saturated rings. The monoisotopic (exact) mass is 627 g/mol. The second kappa shape index (κ2) is 11.6. The number of thiophene rings is 1. The first-order valence-corrected chi connectivity index (χ1v) is 15.6. The van der Waals surface area contributed by atoms with Gasteiger partial charge in [0.05, 0.1) is 23.9 Å². The van der Waals surface area contributed by atoms with Crippen LogP contribution >= 0.6 is 11.3 Å². The molecule has 0 atom stereocenters. The fourth-order valence-electron chi connectivity index (χ4n) is 5.93. The minimum absolute atomic E-state index is 0.237. The van der Waals surface area contributed by atoms with Gasteiger partial charge in [0.1, 0.15) is 17.3 Å². The molecule has 9 nitrogen and oxygen atoms in total. The van der Waals surface area contributed by atoms with E-state index >= 15 is 0 Å². The predicted octanol–water partition coefficient (Wildman–Crippen LogP) is 7.00. The number of fused-ring (bicyclic) bond motifs is 3. The number of methoxy groups -OCH3 is 1. The van der Waals surface area contributed by atoms with E-state index in [9.17, 15) is 14.4 Å². The molecule has 0 saturated carbocycles. The van der Waals surface area contributed by atoms with E-state index in [1.807, 2.05) is 77.7 Å². The van der Waals surface area contributed by atoms with E-state index < -0.39 is 0 Å². The number of nitrogens with two attached hydrogens (primary N) is 1. The van der Waals surface area contributed by atoms with Gasteiger partial charge in [0, 0.05) is 51.9 Å². The van der Waals surface area contributed by atoms with Crippen molar-refractivity contribution >= 4 is 67.6 Å². The number of carbonyl (C=O) groups is 3. The molecular formula is C36H29N5O4S. The van der Waals surface area contributed by atoms with Crippen molar-refractivity contribution in [1.82, 2.24) is 14.5 Å². The van der Waals surface area contributed by atoms with Crippen LogP contribution in [0, 0.1) is 0 Å². The van der Waals surface area contributed by atoms with Crippen LogP contribution in [0.5, 0.6) is 5.75 Å². The Hall–Kier alpha value is -5.74. The summed E-state index contributed by atoms with van der Waals surface area (Å²) in [5.41, 5.74) is 12.0. The van der Waals surface area contributed by atoms with Crippen LogP contribution in [-0.2, 0) is 7.05 Å². The maximum absolute atomic E-state index is 13.3. The highest BCUT2D eigenvalue weighted by Crippen LogP contribution is 2.41. The molecule has 0 unspecified atom stereocenters. The van der Waals surface area contributed by atoms with Gasteiger partial charge in [-0.2, -0.15) is 0 Å². The zero-order chi connectivity index (χ0) is 31.9. The van der Waals surface area contributed by atoms with Crippen LogP contribution in [0.15, 0.2) is 90.4 Å². The van der Waals surface area contributed by atoms with Crippen LogP contribution in [-0.4, -0.2) is 45.8 Å². The number of aromatic nitrogens is 2. The number of ether oxygens (including phenoxy) is 1. The molecule has 1 aliphatic rings. The third-order valence-corrected chi connectivity index (χ3v) is 9.32. The van der Waals surface area contributed by atoms with E-state index in [0.717, 1.165) is 37.7 Å². The Labute approximate surface area is 268 Å². The summed E-state index contributed by atoms with van der Waals surface area (Å²) >= 11 is 1.55. The Morgan fingerprint density at radius 1 is 1.00 bits per heavy atom. The maximum atomic E-state index is 13.3. The summed E-state index contributed by atoms with van der Waals surface area (Å²) in [5, 5.41) is 6.84. The first kappa shape index (κ1) is 29.0. The van der Waals surface area contributed by atoms with Crippen LogP contribution < -0.4 is 15.8 Å². The van der Waals surface area contributed by atoms with E-state index in [1.165, 1.54) is 4.90 Å². The lowest BCUT2D eigenvalue weighted by atomic mass is 10.0. The molecule has 7 rings (SSSR count). The lowest BCUT2D eigenvalue weighted by Crippen LogP contribution is -2.30. The number of hydrogen-bond acceptors (Lipinski definition) is 7. The fraction of sp³-hybridized carbons (Fsp3) is 0.111. The van der Waals surface area contributed by atoms with Gasteiger partial charge in [0.2, 0.25) is 0 Å². The Bertz CT molecular complexity index is 2200. The summed E-state index contributed by atoms with van der Waals surface area (Å²) < 4.78 is 8.53. The number of nitrogens with zero attached hydrogens (tertiary/aromatic N) is 3. The molecule has 6 aromatic rings. The number of imide groups is 1. The van der Waals surface area contributed by atoms with E-state index in [2.05, 4.69) is 10.3 Å². The molecule has 228 valence electrons. The van der Waals surface area contributed by atoms with Gasteiger partial charge in [-0.25, -0.2) is 4.98 Å². The minimum atomic E-state index is -0.261. The highest BCUT2D eigenvalue weighted by Gasteiger charge is 2.34. The number of amides is 3. The summed E-state index contributed by atoms with van der Waals surface area (Å²) in [6, 6.07) is 22.2. The molecule has 1 aliphatic heterocycles. The number of rotatable bonds is 8. The normalized spacial score (nSPS) is 12.9. The number of carbonyl (C=O) groups excluding carboxylic acids is 3. The van der Waals surface area contributed by atoms with E-state index in [-0.39, 0.29) is 24.3 Å². The van der Waals surface area contributed by atoms with E-state index in [1.54, 1.807) is 48.9 Å². The molecule has 3 amide bonds. The molecule has 10 heteroatoms. The van der Waals surface area contributed by atoms with Gasteiger partial charge in [-0.15, -0.1) is 11.3 Å². The molecule has 4 heterocycles. The second-order valence-corrected chi connectivity index (χ2v) is 11.8. The Morgan fingerprint density at radius 2 is 1.74 bits per heavy atom. The molecule has 0 saturated heterocycles. The molecule has 46 heavy (non-hydrogen) atoms. The zero-order valence-corrected chi connectivity index (χ0v) is 25.9. The topological polar surface area (TPSA) is 120 Å².